The Morgan fingerprint density at radius 3 is 2.77 bits per heavy atom. The van der Waals surface area contributed by atoms with E-state index in [1.54, 1.807) is 0 Å². The summed E-state index contributed by atoms with van der Waals surface area (Å²) in [4.78, 5) is 24.0. The van der Waals surface area contributed by atoms with E-state index in [1.165, 1.54) is 0 Å². The van der Waals surface area contributed by atoms with Gasteiger partial charge in [0.15, 0.2) is 0 Å². The van der Waals surface area contributed by atoms with Crippen LogP contribution in [0.15, 0.2) is 24.3 Å². The van der Waals surface area contributed by atoms with Crippen molar-refractivity contribution >= 4 is 11.9 Å². The largest absolute Gasteiger partial charge is 0.493 e. The van der Waals surface area contributed by atoms with Gasteiger partial charge < -0.3 is 14.8 Å². The number of imide groups is 1. The number of benzene rings is 1. The molecule has 3 amide bonds. The van der Waals surface area contributed by atoms with Crippen LogP contribution in [-0.4, -0.2) is 30.4 Å². The van der Waals surface area contributed by atoms with Gasteiger partial charge in [-0.2, -0.15) is 0 Å². The van der Waals surface area contributed by atoms with Gasteiger partial charge in [-0.1, -0.05) is 18.2 Å². The van der Waals surface area contributed by atoms with E-state index in [1.807, 2.05) is 38.1 Å². The minimum atomic E-state index is -0.608. The lowest BCUT2D eigenvalue weighted by molar-refractivity contribution is -0.200. The number of carbonyl (C=O) groups is 2. The van der Waals surface area contributed by atoms with E-state index >= 15 is 0 Å². The Hall–Kier alpha value is -2.08. The summed E-state index contributed by atoms with van der Waals surface area (Å²) in [7, 11) is 0. The van der Waals surface area contributed by atoms with Crippen LogP contribution >= 0.6 is 0 Å². The van der Waals surface area contributed by atoms with Crippen molar-refractivity contribution in [2.24, 2.45) is 11.8 Å². The van der Waals surface area contributed by atoms with Crippen LogP contribution in [0.4, 0.5) is 4.79 Å². The minimum absolute atomic E-state index is 0.0423. The van der Waals surface area contributed by atoms with Gasteiger partial charge >= 0.3 is 6.03 Å². The van der Waals surface area contributed by atoms with E-state index in [-0.39, 0.29) is 17.7 Å². The molecule has 116 valence electrons. The highest BCUT2D eigenvalue weighted by atomic mass is 16.5. The van der Waals surface area contributed by atoms with Crippen LogP contribution in [0.3, 0.4) is 0 Å². The molecule has 0 unspecified atom stereocenters. The monoisotopic (exact) mass is 302 g/mol. The molecule has 0 spiro atoms. The Morgan fingerprint density at radius 2 is 1.95 bits per heavy atom. The maximum atomic E-state index is 12.4. The number of para-hydroxylation sites is 1. The first kappa shape index (κ1) is 13.6. The number of ether oxygens (including phenoxy) is 2. The lowest BCUT2D eigenvalue weighted by Gasteiger charge is -2.53. The van der Waals surface area contributed by atoms with E-state index in [0.29, 0.717) is 6.61 Å². The summed E-state index contributed by atoms with van der Waals surface area (Å²) >= 11 is 0. The zero-order chi connectivity index (χ0) is 15.5. The first-order valence-corrected chi connectivity index (χ1v) is 7.48. The predicted molar refractivity (Wildman–Crippen MR) is 77.3 cm³/mol. The van der Waals surface area contributed by atoms with Crippen molar-refractivity contribution in [2.45, 2.75) is 31.6 Å². The smallest absolute Gasteiger partial charge is 0.323 e. The second-order valence-electron chi connectivity index (χ2n) is 6.61. The van der Waals surface area contributed by atoms with Crippen LogP contribution in [0.1, 0.15) is 25.3 Å². The van der Waals surface area contributed by atoms with Crippen molar-refractivity contribution in [1.82, 2.24) is 10.6 Å². The number of hydrogen-bond acceptors (Lipinski definition) is 4. The summed E-state index contributed by atoms with van der Waals surface area (Å²) < 4.78 is 11.9. The highest BCUT2D eigenvalue weighted by Crippen LogP contribution is 2.51. The molecule has 2 saturated heterocycles. The van der Waals surface area contributed by atoms with Gasteiger partial charge in [0.2, 0.25) is 5.91 Å². The zero-order valence-electron chi connectivity index (χ0n) is 12.5. The van der Waals surface area contributed by atoms with Crippen LogP contribution in [0.25, 0.3) is 0 Å². The topological polar surface area (TPSA) is 76.7 Å². The molecular weight excluding hydrogens is 284 g/mol. The Labute approximate surface area is 128 Å². The van der Waals surface area contributed by atoms with Crippen LogP contribution < -0.4 is 15.4 Å². The Morgan fingerprint density at radius 1 is 1.18 bits per heavy atom. The van der Waals surface area contributed by atoms with E-state index in [9.17, 15) is 9.59 Å². The lowest BCUT2D eigenvalue weighted by Crippen LogP contribution is -2.68. The third kappa shape index (κ3) is 1.83. The molecule has 0 aliphatic carbocycles. The predicted octanol–water partition coefficient (Wildman–Crippen LogP) is 1.37. The number of rotatable bonds is 0. The number of carbonyl (C=O) groups excluding carboxylic acids is 2. The zero-order valence-corrected chi connectivity index (χ0v) is 12.5. The van der Waals surface area contributed by atoms with Crippen LogP contribution in [0.2, 0.25) is 0 Å². The van der Waals surface area contributed by atoms with Gasteiger partial charge in [0, 0.05) is 11.8 Å². The van der Waals surface area contributed by atoms with E-state index < -0.39 is 23.8 Å². The Balaban J connectivity index is 1.84. The molecule has 22 heavy (non-hydrogen) atoms. The standard InChI is InChI=1S/C16H18N2O4/c1-16(2)9-7-21-10-6-4-3-5-8(10)11(9)12-13(19)17-15(20)18-14(12)22-16/h3-6,9,11-12,14H,7H2,1-2H3,(H2,17,18,19,20)/t9-,11+,12-,14+/m0/s1. The fraction of sp³-hybridized carbons (Fsp3) is 0.500. The third-order valence-corrected chi connectivity index (χ3v) is 4.98. The molecule has 3 heterocycles. The van der Waals surface area contributed by atoms with Gasteiger partial charge in [-0.3, -0.25) is 10.1 Å². The minimum Gasteiger partial charge on any atom is -0.493 e. The normalized spacial score (nSPS) is 35.2. The van der Waals surface area contributed by atoms with Gasteiger partial charge in [-0.25, -0.2) is 4.79 Å². The highest BCUT2D eigenvalue weighted by molar-refractivity contribution is 5.99. The molecule has 4 rings (SSSR count). The molecule has 0 aromatic heterocycles. The molecular formula is C16H18N2O4. The fourth-order valence-electron chi connectivity index (χ4n) is 3.92. The SMILES string of the molecule is CC1(C)O[C@H]2NC(=O)NC(=O)[C@@H]2[C@@H]2c3ccccc3OC[C@@H]21. The van der Waals surface area contributed by atoms with Crippen LogP contribution in [-0.2, 0) is 9.53 Å². The fourth-order valence-corrected chi connectivity index (χ4v) is 3.92. The molecule has 3 aliphatic heterocycles. The average molecular weight is 302 g/mol. The van der Waals surface area contributed by atoms with Crippen molar-refractivity contribution in [3.05, 3.63) is 29.8 Å². The van der Waals surface area contributed by atoms with Crippen LogP contribution in [0.5, 0.6) is 5.75 Å². The maximum Gasteiger partial charge on any atom is 0.323 e. The lowest BCUT2D eigenvalue weighted by atomic mass is 9.66. The van der Waals surface area contributed by atoms with Gasteiger partial charge in [0.25, 0.3) is 0 Å². The third-order valence-electron chi connectivity index (χ3n) is 4.98. The molecule has 2 fully saturated rings. The maximum absolute atomic E-state index is 12.4. The quantitative estimate of drug-likeness (QED) is 0.759. The summed E-state index contributed by atoms with van der Waals surface area (Å²) in [5.74, 6) is 0.0883. The first-order chi connectivity index (χ1) is 10.5. The highest BCUT2D eigenvalue weighted by Gasteiger charge is 2.57. The molecule has 0 bridgehead atoms. The van der Waals surface area contributed by atoms with Crippen molar-refractivity contribution in [3.8, 4) is 5.75 Å². The van der Waals surface area contributed by atoms with Gasteiger partial charge in [0.05, 0.1) is 18.1 Å². The van der Waals surface area contributed by atoms with E-state index in [2.05, 4.69) is 10.6 Å². The molecule has 6 heteroatoms. The second kappa shape index (κ2) is 4.46. The van der Waals surface area contributed by atoms with E-state index in [4.69, 9.17) is 9.47 Å². The summed E-state index contributed by atoms with van der Waals surface area (Å²) in [6.07, 6.45) is -0.608. The number of nitrogens with one attached hydrogen (secondary N) is 2. The number of fused-ring (bicyclic) bond motifs is 5. The molecule has 6 nitrogen and oxygen atoms in total. The number of hydrogen-bond donors (Lipinski definition) is 2. The summed E-state index contributed by atoms with van der Waals surface area (Å²) in [5.41, 5.74) is 0.515. The van der Waals surface area contributed by atoms with Gasteiger partial charge in [-0.15, -0.1) is 0 Å². The van der Waals surface area contributed by atoms with Crippen molar-refractivity contribution in [1.29, 1.82) is 0 Å². The van der Waals surface area contributed by atoms with Gasteiger partial charge in [0.1, 0.15) is 12.0 Å². The molecule has 0 radical (unpaired) electrons. The van der Waals surface area contributed by atoms with E-state index in [0.717, 1.165) is 11.3 Å². The van der Waals surface area contributed by atoms with Crippen LogP contribution in [0, 0.1) is 11.8 Å². The summed E-state index contributed by atoms with van der Waals surface area (Å²) in [6.45, 7) is 4.47. The van der Waals surface area contributed by atoms with Crippen molar-refractivity contribution in [2.75, 3.05) is 6.61 Å². The molecule has 3 aliphatic rings. The Kier molecular flexibility index (Phi) is 2.75. The van der Waals surface area contributed by atoms with Gasteiger partial charge in [-0.05, 0) is 25.5 Å². The molecule has 1 aromatic carbocycles. The number of amides is 3. The second-order valence-corrected chi connectivity index (χ2v) is 6.61. The first-order valence-electron chi connectivity index (χ1n) is 7.48. The van der Waals surface area contributed by atoms with Crippen molar-refractivity contribution < 1.29 is 19.1 Å². The molecule has 1 aromatic rings. The Bertz CT molecular complexity index is 657. The van der Waals surface area contributed by atoms with Crippen molar-refractivity contribution in [3.63, 3.8) is 0 Å². The summed E-state index contributed by atoms with van der Waals surface area (Å²) in [6, 6.07) is 7.28. The average Bonchev–Trinajstić information content (AvgIpc) is 2.45. The molecule has 4 atom stereocenters. The number of urea groups is 1. The molecule has 2 N–H and O–H groups in total. The molecule has 0 saturated carbocycles. The summed E-state index contributed by atoms with van der Waals surface area (Å²) in [5, 5.41) is 5.09.